The van der Waals surface area contributed by atoms with Gasteiger partial charge in [-0.2, -0.15) is 0 Å². The summed E-state index contributed by atoms with van der Waals surface area (Å²) in [5, 5.41) is 3.63. The van der Waals surface area contributed by atoms with Crippen LogP contribution < -0.4 is 10.1 Å². The Hall–Kier alpha value is -3.22. The molecule has 2 aromatic carbocycles. The van der Waals surface area contributed by atoms with E-state index in [4.69, 9.17) is 16.3 Å². The fourth-order valence-corrected chi connectivity index (χ4v) is 5.37. The van der Waals surface area contributed by atoms with Crippen LogP contribution in [0.25, 0.3) is 0 Å². The number of aromatic nitrogens is 1. The van der Waals surface area contributed by atoms with E-state index in [-0.39, 0.29) is 17.6 Å². The molecule has 1 spiro atoms. The lowest BCUT2D eigenvalue weighted by atomic mass is 9.70. The van der Waals surface area contributed by atoms with Crippen LogP contribution in [0.2, 0.25) is 5.02 Å². The van der Waals surface area contributed by atoms with Gasteiger partial charge in [-0.25, -0.2) is 0 Å². The summed E-state index contributed by atoms with van der Waals surface area (Å²) in [4.78, 5) is 33.8. The highest BCUT2D eigenvalue weighted by Crippen LogP contribution is 2.56. The Morgan fingerprint density at radius 3 is 2.69 bits per heavy atom. The van der Waals surface area contributed by atoms with Gasteiger partial charge in [0.2, 0.25) is 5.91 Å². The highest BCUT2D eigenvalue weighted by Gasteiger charge is 2.64. The summed E-state index contributed by atoms with van der Waals surface area (Å²) in [6, 6.07) is 16.5. The minimum Gasteiger partial charge on any atom is -0.497 e. The number of methoxy groups -OCH3 is 1. The standard InChI is InChI=1S/C25H22ClN3O3/c1-29-14-19(15-5-7-17(26)8-6-15)22(23(30)16-4-3-11-27-13-16)25(29)20-12-18(32-2)9-10-21(20)28-24(25)31/h3-13,19,22H,14H2,1-2H3,(H,28,31)/t19-,22+,25+/m1/s1. The van der Waals surface area contributed by atoms with Crippen molar-refractivity contribution in [2.75, 3.05) is 26.0 Å². The molecule has 7 heteroatoms. The molecule has 1 fully saturated rings. The number of ketones is 1. The summed E-state index contributed by atoms with van der Waals surface area (Å²) in [6.45, 7) is 0.530. The van der Waals surface area contributed by atoms with Gasteiger partial charge in [0, 0.05) is 46.7 Å². The molecule has 2 aliphatic heterocycles. The van der Waals surface area contributed by atoms with E-state index in [9.17, 15) is 9.59 Å². The van der Waals surface area contributed by atoms with Gasteiger partial charge in [0.05, 0.1) is 13.0 Å². The molecule has 0 saturated carbocycles. The monoisotopic (exact) mass is 447 g/mol. The number of rotatable bonds is 4. The molecule has 1 amide bonds. The Morgan fingerprint density at radius 2 is 2.00 bits per heavy atom. The largest absolute Gasteiger partial charge is 0.497 e. The minimum absolute atomic E-state index is 0.117. The maximum Gasteiger partial charge on any atom is 0.250 e. The van der Waals surface area contributed by atoms with E-state index in [0.717, 1.165) is 11.1 Å². The SMILES string of the molecule is COc1ccc2c(c1)[C@@]1(C(=O)N2)[C@H](C(=O)c2cccnc2)[C@@H](c2ccc(Cl)cc2)CN1C. The molecule has 5 rings (SSSR count). The lowest BCUT2D eigenvalue weighted by Crippen LogP contribution is -2.51. The second kappa shape index (κ2) is 7.73. The first-order valence-corrected chi connectivity index (χ1v) is 10.8. The lowest BCUT2D eigenvalue weighted by molar-refractivity contribution is -0.126. The summed E-state index contributed by atoms with van der Waals surface area (Å²) < 4.78 is 5.45. The normalized spacial score (nSPS) is 24.4. The van der Waals surface area contributed by atoms with Crippen LogP contribution in [0.4, 0.5) is 5.69 Å². The second-order valence-corrected chi connectivity index (χ2v) is 8.69. The average Bonchev–Trinajstić information content (AvgIpc) is 3.29. The molecule has 2 aliphatic rings. The van der Waals surface area contributed by atoms with E-state index in [1.807, 2.05) is 54.4 Å². The molecule has 32 heavy (non-hydrogen) atoms. The Bertz CT molecular complexity index is 1200. The average molecular weight is 448 g/mol. The van der Waals surface area contributed by atoms with Gasteiger partial charge < -0.3 is 10.1 Å². The van der Waals surface area contributed by atoms with Crippen LogP contribution in [0.1, 0.15) is 27.4 Å². The fourth-order valence-electron chi connectivity index (χ4n) is 5.24. The molecular weight excluding hydrogens is 426 g/mol. The number of likely N-dealkylation sites (tertiary alicyclic amines) is 1. The van der Waals surface area contributed by atoms with Gasteiger partial charge in [-0.3, -0.25) is 19.5 Å². The summed E-state index contributed by atoms with van der Waals surface area (Å²) >= 11 is 6.12. The molecule has 1 aromatic heterocycles. The van der Waals surface area contributed by atoms with Crippen molar-refractivity contribution < 1.29 is 14.3 Å². The van der Waals surface area contributed by atoms with Crippen molar-refractivity contribution >= 4 is 29.0 Å². The van der Waals surface area contributed by atoms with Crippen molar-refractivity contribution in [3.63, 3.8) is 0 Å². The molecular formula is C25H22ClN3O3. The third kappa shape index (κ3) is 2.94. The number of fused-ring (bicyclic) bond motifs is 2. The first kappa shape index (κ1) is 20.7. The van der Waals surface area contributed by atoms with Crippen molar-refractivity contribution in [1.82, 2.24) is 9.88 Å². The number of likely N-dealkylation sites (N-methyl/N-ethyl adjacent to an activating group) is 1. The van der Waals surface area contributed by atoms with Crippen molar-refractivity contribution in [3.8, 4) is 5.75 Å². The lowest BCUT2D eigenvalue weighted by Gasteiger charge is -2.35. The molecule has 0 radical (unpaired) electrons. The number of nitrogens with zero attached hydrogens (tertiary/aromatic N) is 2. The number of ether oxygens (including phenoxy) is 1. The minimum atomic E-state index is -1.17. The number of hydrogen-bond acceptors (Lipinski definition) is 5. The fraction of sp³-hybridized carbons (Fsp3) is 0.240. The van der Waals surface area contributed by atoms with Gasteiger partial charge in [-0.15, -0.1) is 0 Å². The Balaban J connectivity index is 1.74. The third-order valence-electron chi connectivity index (χ3n) is 6.68. The van der Waals surface area contributed by atoms with Crippen LogP contribution in [0.15, 0.2) is 67.0 Å². The number of hydrogen-bond donors (Lipinski definition) is 1. The van der Waals surface area contributed by atoms with E-state index in [1.54, 1.807) is 31.6 Å². The summed E-state index contributed by atoms with van der Waals surface area (Å²) in [7, 11) is 3.49. The van der Waals surface area contributed by atoms with Crippen molar-refractivity contribution in [2.24, 2.45) is 5.92 Å². The van der Waals surface area contributed by atoms with Gasteiger partial charge in [-0.05, 0) is 55.1 Å². The zero-order valence-corrected chi connectivity index (χ0v) is 18.5. The summed E-state index contributed by atoms with van der Waals surface area (Å²) in [5.41, 5.74) is 1.73. The highest BCUT2D eigenvalue weighted by molar-refractivity contribution is 6.30. The number of amides is 1. The number of halogens is 1. The second-order valence-electron chi connectivity index (χ2n) is 8.25. The molecule has 0 bridgehead atoms. The zero-order valence-electron chi connectivity index (χ0n) is 17.7. The molecule has 1 saturated heterocycles. The molecule has 1 N–H and O–H groups in total. The molecule has 3 heterocycles. The molecule has 0 aliphatic carbocycles. The smallest absolute Gasteiger partial charge is 0.250 e. The predicted molar refractivity (Wildman–Crippen MR) is 122 cm³/mol. The topological polar surface area (TPSA) is 71.5 Å². The van der Waals surface area contributed by atoms with Gasteiger partial charge in [0.15, 0.2) is 5.78 Å². The quantitative estimate of drug-likeness (QED) is 0.609. The van der Waals surface area contributed by atoms with E-state index in [0.29, 0.717) is 28.6 Å². The molecule has 162 valence electrons. The van der Waals surface area contributed by atoms with Crippen LogP contribution in [0.3, 0.4) is 0 Å². The van der Waals surface area contributed by atoms with Crippen molar-refractivity contribution in [2.45, 2.75) is 11.5 Å². The first-order valence-electron chi connectivity index (χ1n) is 10.4. The molecule has 3 atom stereocenters. The molecule has 6 nitrogen and oxygen atoms in total. The van der Waals surface area contributed by atoms with E-state index < -0.39 is 11.5 Å². The number of Topliss-reactive ketones (excluding diaryl/α,β-unsaturated/α-hetero) is 1. The summed E-state index contributed by atoms with van der Waals surface area (Å²) in [5.74, 6) is -0.565. The predicted octanol–water partition coefficient (Wildman–Crippen LogP) is 4.12. The van der Waals surface area contributed by atoms with Gasteiger partial charge in [0.25, 0.3) is 0 Å². The third-order valence-corrected chi connectivity index (χ3v) is 6.94. The maximum atomic E-state index is 14.0. The maximum absolute atomic E-state index is 14.0. The Morgan fingerprint density at radius 1 is 1.22 bits per heavy atom. The number of carbonyl (C=O) groups excluding carboxylic acids is 2. The highest BCUT2D eigenvalue weighted by atomic mass is 35.5. The zero-order chi connectivity index (χ0) is 22.5. The first-order chi connectivity index (χ1) is 15.5. The number of carbonyl (C=O) groups is 2. The number of nitrogens with one attached hydrogen (secondary N) is 1. The van der Waals surface area contributed by atoms with Crippen LogP contribution in [-0.2, 0) is 10.3 Å². The van der Waals surface area contributed by atoms with Gasteiger partial charge >= 0.3 is 0 Å². The Labute approximate surface area is 191 Å². The molecule has 0 unspecified atom stereocenters. The number of benzene rings is 2. The van der Waals surface area contributed by atoms with E-state index in [1.165, 1.54) is 0 Å². The van der Waals surface area contributed by atoms with E-state index >= 15 is 0 Å². The van der Waals surface area contributed by atoms with Gasteiger partial charge in [-0.1, -0.05) is 23.7 Å². The van der Waals surface area contributed by atoms with Crippen molar-refractivity contribution in [1.29, 1.82) is 0 Å². The number of anilines is 1. The van der Waals surface area contributed by atoms with Crippen LogP contribution in [0.5, 0.6) is 5.75 Å². The molecule has 3 aromatic rings. The van der Waals surface area contributed by atoms with Gasteiger partial charge in [0.1, 0.15) is 11.3 Å². The summed E-state index contributed by atoms with van der Waals surface area (Å²) in [6.07, 6.45) is 3.19. The van der Waals surface area contributed by atoms with Crippen LogP contribution in [-0.4, -0.2) is 42.3 Å². The van der Waals surface area contributed by atoms with E-state index in [2.05, 4.69) is 10.3 Å². The Kier molecular flexibility index (Phi) is 4.99. The number of pyridine rings is 1. The van der Waals surface area contributed by atoms with Crippen LogP contribution in [0, 0.1) is 5.92 Å². The van der Waals surface area contributed by atoms with Crippen LogP contribution >= 0.6 is 11.6 Å². The van der Waals surface area contributed by atoms with Crippen molar-refractivity contribution in [3.05, 3.63) is 88.7 Å².